The lowest BCUT2D eigenvalue weighted by Crippen LogP contribution is -2.44. The highest BCUT2D eigenvalue weighted by atomic mass is 32.2. The quantitative estimate of drug-likeness (QED) is 0.720. The topological polar surface area (TPSA) is 92.6 Å². The Hall–Kier alpha value is -3.33. The number of nitrogens with zero attached hydrogens (tertiary/aromatic N) is 3. The van der Waals surface area contributed by atoms with Gasteiger partial charge in [-0.1, -0.05) is 37.2 Å². The molecule has 0 aliphatic carbocycles. The summed E-state index contributed by atoms with van der Waals surface area (Å²) >= 11 is 1.32. The number of fused-ring (bicyclic) bond motifs is 4. The number of rotatable bonds is 5. The molecule has 2 atom stereocenters. The number of ether oxygens (including phenoxy) is 2. The fourth-order valence-corrected chi connectivity index (χ4v) is 4.97. The number of carbonyl (C=O) groups excluding carboxylic acids is 2. The summed E-state index contributed by atoms with van der Waals surface area (Å²) in [5.74, 6) is 1.57. The Balaban J connectivity index is 1.37. The molecule has 0 saturated carbocycles. The van der Waals surface area contributed by atoms with Crippen LogP contribution in [-0.2, 0) is 9.59 Å². The SMILES string of the molecule is CCCC1C(=O)N=C2c3ccccc3N=C(SC(C)C(=O)Nc3ccc4c(c3)OCCO4)N21. The molecule has 0 saturated heterocycles. The van der Waals surface area contributed by atoms with Crippen molar-refractivity contribution >= 4 is 46.0 Å². The van der Waals surface area contributed by atoms with E-state index in [1.165, 1.54) is 11.8 Å². The number of carbonyl (C=O) groups is 2. The summed E-state index contributed by atoms with van der Waals surface area (Å²) in [6.07, 6.45) is 1.51. The van der Waals surface area contributed by atoms with E-state index in [4.69, 9.17) is 14.5 Å². The molecule has 9 heteroatoms. The van der Waals surface area contributed by atoms with Crippen LogP contribution in [0.2, 0.25) is 0 Å². The van der Waals surface area contributed by atoms with Crippen molar-refractivity contribution < 1.29 is 19.1 Å². The summed E-state index contributed by atoms with van der Waals surface area (Å²) in [6.45, 7) is 4.86. The first-order valence-electron chi connectivity index (χ1n) is 11.0. The minimum atomic E-state index is -0.457. The Labute approximate surface area is 196 Å². The van der Waals surface area contributed by atoms with Gasteiger partial charge in [0.05, 0.1) is 10.9 Å². The average Bonchev–Trinajstić information content (AvgIpc) is 3.15. The molecular formula is C24H24N4O4S. The zero-order chi connectivity index (χ0) is 22.9. The van der Waals surface area contributed by atoms with E-state index < -0.39 is 11.3 Å². The predicted molar refractivity (Wildman–Crippen MR) is 129 cm³/mol. The van der Waals surface area contributed by atoms with Gasteiger partial charge in [0.1, 0.15) is 25.1 Å². The Kier molecular flexibility index (Phi) is 5.80. The molecule has 5 rings (SSSR count). The molecule has 33 heavy (non-hydrogen) atoms. The second-order valence-corrected chi connectivity index (χ2v) is 9.28. The Morgan fingerprint density at radius 2 is 1.97 bits per heavy atom. The average molecular weight is 465 g/mol. The van der Waals surface area contributed by atoms with Crippen molar-refractivity contribution in [3.8, 4) is 11.5 Å². The van der Waals surface area contributed by atoms with Gasteiger partial charge in [-0.15, -0.1) is 0 Å². The van der Waals surface area contributed by atoms with Crippen molar-refractivity contribution in [2.24, 2.45) is 9.98 Å². The lowest BCUT2D eigenvalue weighted by molar-refractivity contribution is -0.119. The van der Waals surface area contributed by atoms with Crippen molar-refractivity contribution in [2.75, 3.05) is 18.5 Å². The van der Waals surface area contributed by atoms with Crippen molar-refractivity contribution in [1.29, 1.82) is 0 Å². The monoisotopic (exact) mass is 464 g/mol. The van der Waals surface area contributed by atoms with E-state index in [-0.39, 0.29) is 11.8 Å². The van der Waals surface area contributed by atoms with E-state index in [0.717, 1.165) is 17.7 Å². The smallest absolute Gasteiger partial charge is 0.270 e. The highest BCUT2D eigenvalue weighted by Crippen LogP contribution is 2.37. The minimum Gasteiger partial charge on any atom is -0.486 e. The molecule has 1 N–H and O–H groups in total. The molecule has 170 valence electrons. The summed E-state index contributed by atoms with van der Waals surface area (Å²) < 4.78 is 11.1. The molecule has 0 bridgehead atoms. The fourth-order valence-electron chi connectivity index (χ4n) is 4.01. The van der Waals surface area contributed by atoms with Crippen molar-refractivity contribution in [3.63, 3.8) is 0 Å². The molecular weight excluding hydrogens is 440 g/mol. The molecule has 0 aromatic heterocycles. The van der Waals surface area contributed by atoms with Gasteiger partial charge in [0.25, 0.3) is 5.91 Å². The number of nitrogens with one attached hydrogen (secondary N) is 1. The van der Waals surface area contributed by atoms with Crippen molar-refractivity contribution in [3.05, 3.63) is 48.0 Å². The maximum atomic E-state index is 13.0. The van der Waals surface area contributed by atoms with Gasteiger partial charge < -0.3 is 14.8 Å². The normalized spacial score (nSPS) is 19.3. The van der Waals surface area contributed by atoms with Crippen LogP contribution in [-0.4, -0.2) is 52.2 Å². The lowest BCUT2D eigenvalue weighted by atomic mass is 10.1. The van der Waals surface area contributed by atoms with Gasteiger partial charge in [0.2, 0.25) is 5.91 Å². The van der Waals surface area contributed by atoms with Crippen LogP contribution in [0.25, 0.3) is 0 Å². The summed E-state index contributed by atoms with van der Waals surface area (Å²) in [5, 5.41) is 3.09. The Bertz CT molecular complexity index is 1180. The van der Waals surface area contributed by atoms with Crippen LogP contribution in [0.1, 0.15) is 32.3 Å². The Morgan fingerprint density at radius 1 is 1.18 bits per heavy atom. The number of anilines is 1. The fraction of sp³-hybridized carbons (Fsp3) is 0.333. The number of hydrogen-bond acceptors (Lipinski definition) is 7. The predicted octanol–water partition coefficient (Wildman–Crippen LogP) is 3.98. The van der Waals surface area contributed by atoms with Crippen LogP contribution in [0.3, 0.4) is 0 Å². The molecule has 3 heterocycles. The molecule has 0 spiro atoms. The molecule has 0 fully saturated rings. The molecule has 2 unspecified atom stereocenters. The van der Waals surface area contributed by atoms with Crippen LogP contribution >= 0.6 is 11.8 Å². The third-order valence-corrected chi connectivity index (χ3v) is 6.70. The van der Waals surface area contributed by atoms with Gasteiger partial charge >= 0.3 is 0 Å². The number of amidine groups is 2. The number of para-hydroxylation sites is 1. The summed E-state index contributed by atoms with van der Waals surface area (Å²) in [5.41, 5.74) is 2.22. The lowest BCUT2D eigenvalue weighted by Gasteiger charge is -2.31. The third-order valence-electron chi connectivity index (χ3n) is 5.63. The van der Waals surface area contributed by atoms with Gasteiger partial charge in [-0.2, -0.15) is 4.99 Å². The van der Waals surface area contributed by atoms with E-state index in [2.05, 4.69) is 10.3 Å². The molecule has 3 aliphatic rings. The van der Waals surface area contributed by atoms with Gasteiger partial charge in [0.15, 0.2) is 16.7 Å². The summed E-state index contributed by atoms with van der Waals surface area (Å²) in [6, 6.07) is 12.6. The maximum Gasteiger partial charge on any atom is 0.270 e. The van der Waals surface area contributed by atoms with Gasteiger partial charge in [0, 0.05) is 17.3 Å². The molecule has 2 aromatic rings. The van der Waals surface area contributed by atoms with Crippen LogP contribution < -0.4 is 14.8 Å². The van der Waals surface area contributed by atoms with Crippen LogP contribution in [0.5, 0.6) is 11.5 Å². The number of aliphatic imine (C=N–C) groups is 2. The zero-order valence-corrected chi connectivity index (χ0v) is 19.2. The van der Waals surface area contributed by atoms with E-state index in [1.807, 2.05) is 43.0 Å². The standard InChI is InChI=1S/C24H24N4O4S/c1-3-6-18-23(30)27-21-16-7-4-5-8-17(16)26-24(28(18)21)33-14(2)22(29)25-15-9-10-19-20(13-15)32-12-11-31-19/h4-5,7-10,13-14,18H,3,6,11-12H2,1-2H3,(H,25,29). The summed E-state index contributed by atoms with van der Waals surface area (Å²) in [4.78, 5) is 36.7. The molecule has 2 aromatic carbocycles. The minimum absolute atomic E-state index is 0.162. The van der Waals surface area contributed by atoms with Gasteiger partial charge in [-0.3, -0.25) is 14.5 Å². The number of benzene rings is 2. The molecule has 0 radical (unpaired) electrons. The first-order valence-corrected chi connectivity index (χ1v) is 11.9. The second-order valence-electron chi connectivity index (χ2n) is 7.97. The highest BCUT2D eigenvalue weighted by Gasteiger charge is 2.42. The van der Waals surface area contributed by atoms with E-state index in [9.17, 15) is 9.59 Å². The van der Waals surface area contributed by atoms with E-state index in [0.29, 0.717) is 47.8 Å². The third kappa shape index (κ3) is 4.08. The number of amides is 2. The van der Waals surface area contributed by atoms with Crippen molar-refractivity contribution in [1.82, 2.24) is 4.90 Å². The zero-order valence-electron chi connectivity index (χ0n) is 18.4. The highest BCUT2D eigenvalue weighted by molar-refractivity contribution is 8.14. The Morgan fingerprint density at radius 3 is 2.79 bits per heavy atom. The van der Waals surface area contributed by atoms with E-state index in [1.54, 1.807) is 18.2 Å². The number of thioether (sulfide) groups is 1. The first-order chi connectivity index (χ1) is 16.0. The largest absolute Gasteiger partial charge is 0.486 e. The number of hydrogen-bond donors (Lipinski definition) is 1. The maximum absolute atomic E-state index is 13.0. The first kappa shape index (κ1) is 21.5. The van der Waals surface area contributed by atoms with Crippen molar-refractivity contribution in [2.45, 2.75) is 38.0 Å². The van der Waals surface area contributed by atoms with Gasteiger partial charge in [-0.05, 0) is 37.6 Å². The van der Waals surface area contributed by atoms with Crippen LogP contribution in [0.15, 0.2) is 52.4 Å². The molecule has 8 nitrogen and oxygen atoms in total. The molecule has 2 amide bonds. The molecule has 3 aliphatic heterocycles. The van der Waals surface area contributed by atoms with Gasteiger partial charge in [-0.25, -0.2) is 4.99 Å². The van der Waals surface area contributed by atoms with E-state index >= 15 is 0 Å². The van der Waals surface area contributed by atoms with Crippen LogP contribution in [0.4, 0.5) is 11.4 Å². The van der Waals surface area contributed by atoms with Crippen LogP contribution in [0, 0.1) is 0 Å². The summed E-state index contributed by atoms with van der Waals surface area (Å²) in [7, 11) is 0. The second kappa shape index (κ2) is 8.90.